The average molecular weight is 319 g/mol. The van der Waals surface area contributed by atoms with Crippen LogP contribution >= 0.6 is 0 Å². The summed E-state index contributed by atoms with van der Waals surface area (Å²) in [7, 11) is -2.53. The Labute approximate surface area is 128 Å². The summed E-state index contributed by atoms with van der Waals surface area (Å²) in [6, 6.07) is -1.29. The van der Waals surface area contributed by atoms with Crippen molar-refractivity contribution in [3.8, 4) is 0 Å². The second-order valence-corrected chi connectivity index (χ2v) is 12.8. The molecule has 0 aliphatic heterocycles. The number of aliphatic hydroxyl groups excluding tert-OH is 1. The first-order valence-corrected chi connectivity index (χ1v) is 9.96. The molecule has 6 nitrogen and oxygen atoms in total. The number of carbonyl (C=O) groups is 2. The summed E-state index contributed by atoms with van der Waals surface area (Å²) in [5.74, 6) is -1.23. The Bertz CT molecular complexity index is 395. The third-order valence-electron chi connectivity index (χ3n) is 3.80. The van der Waals surface area contributed by atoms with E-state index in [2.05, 4.69) is 0 Å². The smallest absolute Gasteiger partial charge is 0.402 e. The Morgan fingerprint density at radius 2 is 1.57 bits per heavy atom. The third-order valence-corrected chi connectivity index (χ3v) is 9.17. The molecular formula is C14H29NO5Si. The molecule has 0 saturated heterocycles. The van der Waals surface area contributed by atoms with E-state index in [4.69, 9.17) is 4.74 Å². The Morgan fingerprint density at radius 3 is 1.81 bits per heavy atom. The van der Waals surface area contributed by atoms with Gasteiger partial charge in [0.1, 0.15) is 11.6 Å². The molecule has 0 saturated carbocycles. The zero-order valence-corrected chi connectivity index (χ0v) is 15.4. The molecule has 2 N–H and O–H groups in total. The van der Waals surface area contributed by atoms with Gasteiger partial charge in [0.25, 0.3) is 0 Å². The molecule has 0 aromatic carbocycles. The molecule has 0 aliphatic rings. The number of hydrogen-bond donors (Lipinski definition) is 2. The molecule has 0 fully saturated rings. The van der Waals surface area contributed by atoms with Gasteiger partial charge in [-0.05, 0) is 25.8 Å². The van der Waals surface area contributed by atoms with E-state index in [0.717, 1.165) is 0 Å². The highest BCUT2D eigenvalue weighted by molar-refractivity contribution is 6.79. The number of ether oxygens (including phenoxy) is 1. The van der Waals surface area contributed by atoms with Crippen molar-refractivity contribution in [2.75, 3.05) is 6.61 Å². The van der Waals surface area contributed by atoms with Crippen molar-refractivity contribution in [2.24, 2.45) is 0 Å². The van der Waals surface area contributed by atoms with E-state index in [1.165, 1.54) is 4.57 Å². The maximum absolute atomic E-state index is 12.5. The summed E-state index contributed by atoms with van der Waals surface area (Å²) in [5.41, 5.74) is -0.726. The first-order valence-electron chi connectivity index (χ1n) is 7.01. The van der Waals surface area contributed by atoms with Crippen molar-refractivity contribution in [1.82, 2.24) is 4.57 Å². The second kappa shape index (κ2) is 6.35. The molecule has 0 heterocycles. The van der Waals surface area contributed by atoms with Gasteiger partial charge in [-0.3, -0.25) is 0 Å². The molecule has 0 bridgehead atoms. The topological polar surface area (TPSA) is 87.1 Å². The van der Waals surface area contributed by atoms with Gasteiger partial charge in [0.2, 0.25) is 0 Å². The van der Waals surface area contributed by atoms with Crippen LogP contribution < -0.4 is 0 Å². The molecule has 124 valence electrons. The molecule has 0 radical (unpaired) electrons. The lowest BCUT2D eigenvalue weighted by Crippen LogP contribution is -2.64. The van der Waals surface area contributed by atoms with Crippen LogP contribution in [0.4, 0.5) is 4.79 Å². The first-order chi connectivity index (χ1) is 9.15. The van der Waals surface area contributed by atoms with Crippen LogP contribution in [0.15, 0.2) is 0 Å². The van der Waals surface area contributed by atoms with Gasteiger partial charge in [-0.15, -0.1) is 0 Å². The lowest BCUT2D eigenvalue weighted by molar-refractivity contribution is -0.143. The van der Waals surface area contributed by atoms with Crippen molar-refractivity contribution in [1.29, 1.82) is 0 Å². The van der Waals surface area contributed by atoms with Crippen LogP contribution in [-0.2, 0) is 9.53 Å². The number of carboxylic acid groups (broad SMARTS) is 1. The molecule has 0 aliphatic carbocycles. The normalized spacial score (nSPS) is 14.5. The van der Waals surface area contributed by atoms with E-state index in [1.54, 1.807) is 20.8 Å². The fourth-order valence-electron chi connectivity index (χ4n) is 1.69. The average Bonchev–Trinajstić information content (AvgIpc) is 2.19. The lowest BCUT2D eigenvalue weighted by atomic mass is 10.2. The van der Waals surface area contributed by atoms with E-state index >= 15 is 0 Å². The summed E-state index contributed by atoms with van der Waals surface area (Å²) in [6.45, 7) is 14.2. The number of aliphatic hydroxyl groups is 1. The molecule has 0 unspecified atom stereocenters. The molecule has 1 atom stereocenters. The van der Waals surface area contributed by atoms with Gasteiger partial charge < -0.3 is 19.5 Å². The minimum atomic E-state index is -2.53. The number of rotatable bonds is 4. The first kappa shape index (κ1) is 19.9. The predicted octanol–water partition coefficient (Wildman–Crippen LogP) is 2.67. The molecule has 0 rings (SSSR count). The largest absolute Gasteiger partial charge is 0.480 e. The van der Waals surface area contributed by atoms with Crippen molar-refractivity contribution in [2.45, 2.75) is 71.3 Å². The summed E-state index contributed by atoms with van der Waals surface area (Å²) in [6.07, 6.45) is -0.685. The van der Waals surface area contributed by atoms with E-state index in [1.807, 2.05) is 33.9 Å². The lowest BCUT2D eigenvalue weighted by Gasteiger charge is -2.47. The minimum absolute atomic E-state index is 0.271. The number of aliphatic carboxylic acids is 1. The third kappa shape index (κ3) is 5.00. The van der Waals surface area contributed by atoms with Crippen LogP contribution in [-0.4, -0.2) is 53.3 Å². The van der Waals surface area contributed by atoms with E-state index in [9.17, 15) is 19.8 Å². The van der Waals surface area contributed by atoms with Crippen molar-refractivity contribution in [3.63, 3.8) is 0 Å². The van der Waals surface area contributed by atoms with Gasteiger partial charge in [-0.2, -0.15) is 0 Å². The van der Waals surface area contributed by atoms with Crippen LogP contribution in [0, 0.1) is 0 Å². The summed E-state index contributed by atoms with van der Waals surface area (Å²) in [4.78, 5) is 23.9. The zero-order chi connectivity index (χ0) is 17.2. The molecule has 0 aromatic rings. The molecular weight excluding hydrogens is 290 g/mol. The van der Waals surface area contributed by atoms with Crippen molar-refractivity contribution < 1.29 is 24.5 Å². The van der Waals surface area contributed by atoms with Gasteiger partial charge in [-0.1, -0.05) is 33.9 Å². The fourth-order valence-corrected chi connectivity index (χ4v) is 3.88. The highest BCUT2D eigenvalue weighted by atomic mass is 28.3. The van der Waals surface area contributed by atoms with Gasteiger partial charge in [0.05, 0.1) is 6.61 Å². The highest BCUT2D eigenvalue weighted by Crippen LogP contribution is 2.39. The van der Waals surface area contributed by atoms with E-state index in [0.29, 0.717) is 0 Å². The van der Waals surface area contributed by atoms with Crippen LogP contribution in [0.3, 0.4) is 0 Å². The summed E-state index contributed by atoms with van der Waals surface area (Å²) in [5, 5.41) is 18.5. The highest BCUT2D eigenvalue weighted by Gasteiger charge is 2.49. The zero-order valence-electron chi connectivity index (χ0n) is 14.4. The van der Waals surface area contributed by atoms with Crippen LogP contribution in [0.5, 0.6) is 0 Å². The maximum atomic E-state index is 12.5. The maximum Gasteiger partial charge on any atom is 0.402 e. The number of hydrogen-bond acceptors (Lipinski definition) is 4. The van der Waals surface area contributed by atoms with Crippen molar-refractivity contribution >= 4 is 20.3 Å². The standard InChI is InChI=1S/C14H29NO5Si/c1-13(2,3)20-12(19)15(10(9-16)11(17)18)21(7,8)14(4,5)6/h10,16H,9H2,1-8H3,(H,17,18)/t10-/m0/s1. The Kier molecular flexibility index (Phi) is 6.03. The molecule has 0 aromatic heterocycles. The van der Waals surface area contributed by atoms with Gasteiger partial charge in [-0.25, -0.2) is 9.59 Å². The van der Waals surface area contributed by atoms with Gasteiger partial charge in [0, 0.05) is 0 Å². The summed E-state index contributed by atoms with van der Waals surface area (Å²) >= 11 is 0. The van der Waals surface area contributed by atoms with Gasteiger partial charge in [0.15, 0.2) is 8.24 Å². The summed E-state index contributed by atoms with van der Waals surface area (Å²) < 4.78 is 6.63. The molecule has 7 heteroatoms. The van der Waals surface area contributed by atoms with Gasteiger partial charge >= 0.3 is 12.1 Å². The Balaban J connectivity index is 5.80. The fraction of sp³-hybridized carbons (Fsp3) is 0.857. The van der Waals surface area contributed by atoms with Crippen molar-refractivity contribution in [3.05, 3.63) is 0 Å². The Hall–Kier alpha value is -1.08. The Morgan fingerprint density at radius 1 is 1.14 bits per heavy atom. The number of amides is 1. The number of nitrogens with zero attached hydrogens (tertiary/aromatic N) is 1. The van der Waals surface area contributed by atoms with Crippen LogP contribution in [0.2, 0.25) is 18.1 Å². The van der Waals surface area contributed by atoms with E-state index < -0.39 is 38.5 Å². The minimum Gasteiger partial charge on any atom is -0.480 e. The molecule has 0 spiro atoms. The SMILES string of the molecule is CC(C)(C)OC(=O)N([C@@H](CO)C(=O)O)[Si](C)(C)C(C)(C)C. The van der Waals surface area contributed by atoms with Crippen LogP contribution in [0.1, 0.15) is 41.5 Å². The number of carboxylic acids is 1. The molecule has 21 heavy (non-hydrogen) atoms. The second-order valence-electron chi connectivity index (χ2n) is 7.70. The number of carbonyl (C=O) groups excluding carboxylic acids is 1. The van der Waals surface area contributed by atoms with E-state index in [-0.39, 0.29) is 5.04 Å². The monoisotopic (exact) mass is 319 g/mol. The predicted molar refractivity (Wildman–Crippen MR) is 83.8 cm³/mol. The quantitative estimate of drug-likeness (QED) is 0.778. The van der Waals surface area contributed by atoms with Crippen LogP contribution in [0.25, 0.3) is 0 Å². The molecule has 1 amide bonds.